The summed E-state index contributed by atoms with van der Waals surface area (Å²) in [6, 6.07) is 12.1. The van der Waals surface area contributed by atoms with Gasteiger partial charge < -0.3 is 14.8 Å². The Balaban J connectivity index is 1.79. The first-order valence-corrected chi connectivity index (χ1v) is 9.64. The van der Waals surface area contributed by atoms with E-state index in [1.54, 1.807) is 18.2 Å². The van der Waals surface area contributed by atoms with Crippen LogP contribution in [0.4, 0.5) is 11.4 Å². The highest BCUT2D eigenvalue weighted by Crippen LogP contribution is 2.30. The number of fused-ring (bicyclic) bond motifs is 1. The zero-order chi connectivity index (χ0) is 18.7. The summed E-state index contributed by atoms with van der Waals surface area (Å²) in [5, 5.41) is 2.76. The molecule has 0 bridgehead atoms. The molecule has 1 aliphatic heterocycles. The molecule has 8 heteroatoms. The first kappa shape index (κ1) is 17.8. The van der Waals surface area contributed by atoms with Gasteiger partial charge in [-0.05, 0) is 24.3 Å². The van der Waals surface area contributed by atoms with E-state index in [4.69, 9.17) is 9.47 Å². The van der Waals surface area contributed by atoms with Crippen molar-refractivity contribution in [3.63, 3.8) is 0 Å². The largest absolute Gasteiger partial charge is 0.494 e. The summed E-state index contributed by atoms with van der Waals surface area (Å²) in [5.41, 5.74) is 2.10. The van der Waals surface area contributed by atoms with Crippen molar-refractivity contribution < 1.29 is 22.7 Å². The minimum atomic E-state index is -3.43. The SMILES string of the molecule is COc1cc(NC(=O)C2=Cc3ccccc3OC2)ccc1NS(C)(=O)=O. The molecule has 0 atom stereocenters. The molecule has 2 aromatic carbocycles. The molecule has 0 radical (unpaired) electrons. The third-order valence-corrected chi connectivity index (χ3v) is 4.27. The lowest BCUT2D eigenvalue weighted by Gasteiger charge is -2.18. The first-order valence-electron chi connectivity index (χ1n) is 7.75. The summed E-state index contributed by atoms with van der Waals surface area (Å²) < 4.78 is 35.9. The second-order valence-corrected chi connectivity index (χ2v) is 7.49. The molecule has 2 aromatic rings. The van der Waals surface area contributed by atoms with Gasteiger partial charge in [0.2, 0.25) is 10.0 Å². The monoisotopic (exact) mass is 374 g/mol. The zero-order valence-corrected chi connectivity index (χ0v) is 15.1. The van der Waals surface area contributed by atoms with E-state index in [0.717, 1.165) is 17.6 Å². The third kappa shape index (κ3) is 4.15. The molecule has 2 N–H and O–H groups in total. The highest BCUT2D eigenvalue weighted by atomic mass is 32.2. The highest BCUT2D eigenvalue weighted by molar-refractivity contribution is 7.92. The fourth-order valence-electron chi connectivity index (χ4n) is 2.51. The molecule has 0 spiro atoms. The molecule has 136 valence electrons. The number of hydrogen-bond donors (Lipinski definition) is 2. The van der Waals surface area contributed by atoms with Gasteiger partial charge in [0.05, 0.1) is 24.6 Å². The van der Waals surface area contributed by atoms with E-state index in [2.05, 4.69) is 10.0 Å². The van der Waals surface area contributed by atoms with Crippen LogP contribution in [0.5, 0.6) is 11.5 Å². The molecule has 0 saturated carbocycles. The summed E-state index contributed by atoms with van der Waals surface area (Å²) in [6.07, 6.45) is 2.83. The van der Waals surface area contributed by atoms with Crippen LogP contribution in [-0.4, -0.2) is 34.3 Å². The molecule has 0 unspecified atom stereocenters. The Morgan fingerprint density at radius 2 is 1.96 bits per heavy atom. The first-order chi connectivity index (χ1) is 12.4. The Hall–Kier alpha value is -3.00. The maximum Gasteiger partial charge on any atom is 0.255 e. The highest BCUT2D eigenvalue weighted by Gasteiger charge is 2.18. The smallest absolute Gasteiger partial charge is 0.255 e. The van der Waals surface area contributed by atoms with Gasteiger partial charge in [0.15, 0.2) is 0 Å². The molecule has 1 heterocycles. The lowest BCUT2D eigenvalue weighted by Crippen LogP contribution is -2.21. The van der Waals surface area contributed by atoms with Gasteiger partial charge in [-0.3, -0.25) is 9.52 Å². The lowest BCUT2D eigenvalue weighted by molar-refractivity contribution is -0.113. The second kappa shape index (κ2) is 7.09. The average molecular weight is 374 g/mol. The number of carbonyl (C=O) groups is 1. The van der Waals surface area contributed by atoms with E-state index in [1.807, 2.05) is 24.3 Å². The molecule has 0 aromatic heterocycles. The Bertz CT molecular complexity index is 983. The van der Waals surface area contributed by atoms with Crippen molar-refractivity contribution in [1.82, 2.24) is 0 Å². The number of anilines is 2. The van der Waals surface area contributed by atoms with Gasteiger partial charge in [0.25, 0.3) is 5.91 Å². The predicted molar refractivity (Wildman–Crippen MR) is 100 cm³/mol. The van der Waals surface area contributed by atoms with E-state index in [0.29, 0.717) is 22.7 Å². The maximum atomic E-state index is 12.5. The van der Waals surface area contributed by atoms with Crippen LogP contribution in [0.1, 0.15) is 5.56 Å². The number of hydrogen-bond acceptors (Lipinski definition) is 5. The van der Waals surface area contributed by atoms with Crippen LogP contribution in [0.2, 0.25) is 0 Å². The van der Waals surface area contributed by atoms with Crippen LogP contribution in [0.3, 0.4) is 0 Å². The fourth-order valence-corrected chi connectivity index (χ4v) is 3.08. The fraction of sp³-hybridized carbons (Fsp3) is 0.167. The number of sulfonamides is 1. The Morgan fingerprint density at radius 1 is 1.19 bits per heavy atom. The molecule has 0 fully saturated rings. The summed E-state index contributed by atoms with van der Waals surface area (Å²) in [5.74, 6) is 0.736. The van der Waals surface area contributed by atoms with Crippen LogP contribution < -0.4 is 19.5 Å². The van der Waals surface area contributed by atoms with Gasteiger partial charge in [0, 0.05) is 17.3 Å². The molecule has 0 saturated heterocycles. The molecule has 3 rings (SSSR count). The average Bonchev–Trinajstić information content (AvgIpc) is 2.61. The van der Waals surface area contributed by atoms with E-state index in [1.165, 1.54) is 13.2 Å². The summed E-state index contributed by atoms with van der Waals surface area (Å²) in [7, 11) is -2.01. The van der Waals surface area contributed by atoms with Crippen LogP contribution in [-0.2, 0) is 14.8 Å². The molecular weight excluding hydrogens is 356 g/mol. The number of amides is 1. The number of benzene rings is 2. The Kier molecular flexibility index (Phi) is 4.85. The van der Waals surface area contributed by atoms with Gasteiger partial charge in [-0.15, -0.1) is 0 Å². The predicted octanol–water partition coefficient (Wildman–Crippen LogP) is 2.48. The standard InChI is InChI=1S/C18H18N2O5S/c1-24-17-10-14(7-8-15(17)20-26(2,22)23)19-18(21)13-9-12-5-3-4-6-16(12)25-11-13/h3-10,20H,11H2,1-2H3,(H,19,21). The van der Waals surface area contributed by atoms with Crippen LogP contribution >= 0.6 is 0 Å². The van der Waals surface area contributed by atoms with Gasteiger partial charge in [-0.1, -0.05) is 18.2 Å². The molecule has 7 nitrogen and oxygen atoms in total. The van der Waals surface area contributed by atoms with Crippen LogP contribution in [0.15, 0.2) is 48.0 Å². The van der Waals surface area contributed by atoms with Gasteiger partial charge in [-0.2, -0.15) is 0 Å². The number of nitrogens with one attached hydrogen (secondary N) is 2. The lowest BCUT2D eigenvalue weighted by atomic mass is 10.1. The topological polar surface area (TPSA) is 93.7 Å². The summed E-state index contributed by atoms with van der Waals surface area (Å²) >= 11 is 0. The normalized spacial score (nSPS) is 13.1. The maximum absolute atomic E-state index is 12.5. The van der Waals surface area contributed by atoms with Crippen molar-refractivity contribution >= 4 is 33.4 Å². The van der Waals surface area contributed by atoms with Crippen LogP contribution in [0, 0.1) is 0 Å². The Labute approximate surface area is 151 Å². The number of para-hydroxylation sites is 1. The number of carbonyl (C=O) groups excluding carboxylic acids is 1. The molecule has 26 heavy (non-hydrogen) atoms. The molecule has 1 aliphatic rings. The summed E-state index contributed by atoms with van der Waals surface area (Å²) in [4.78, 5) is 12.5. The quantitative estimate of drug-likeness (QED) is 0.839. The third-order valence-electron chi connectivity index (χ3n) is 3.68. The van der Waals surface area contributed by atoms with Crippen molar-refractivity contribution in [3.8, 4) is 11.5 Å². The van der Waals surface area contributed by atoms with Crippen molar-refractivity contribution in [2.24, 2.45) is 0 Å². The van der Waals surface area contributed by atoms with E-state index in [-0.39, 0.29) is 12.5 Å². The van der Waals surface area contributed by atoms with Gasteiger partial charge >= 0.3 is 0 Å². The zero-order valence-electron chi connectivity index (χ0n) is 14.3. The minimum Gasteiger partial charge on any atom is -0.494 e. The molecule has 0 aliphatic carbocycles. The van der Waals surface area contributed by atoms with E-state index >= 15 is 0 Å². The summed E-state index contributed by atoms with van der Waals surface area (Å²) in [6.45, 7) is 0.174. The number of methoxy groups -OCH3 is 1. The number of rotatable bonds is 5. The van der Waals surface area contributed by atoms with Gasteiger partial charge in [-0.25, -0.2) is 8.42 Å². The van der Waals surface area contributed by atoms with Gasteiger partial charge in [0.1, 0.15) is 18.1 Å². The second-order valence-electron chi connectivity index (χ2n) is 5.74. The van der Waals surface area contributed by atoms with E-state index < -0.39 is 10.0 Å². The number of ether oxygens (including phenoxy) is 2. The van der Waals surface area contributed by atoms with Crippen molar-refractivity contribution in [2.75, 3.05) is 30.0 Å². The molecular formula is C18H18N2O5S. The van der Waals surface area contributed by atoms with E-state index in [9.17, 15) is 13.2 Å². The molecule has 1 amide bonds. The minimum absolute atomic E-state index is 0.174. The van der Waals surface area contributed by atoms with Crippen LogP contribution in [0.25, 0.3) is 6.08 Å². The van der Waals surface area contributed by atoms with Crippen molar-refractivity contribution in [1.29, 1.82) is 0 Å². The van der Waals surface area contributed by atoms with Crippen molar-refractivity contribution in [2.45, 2.75) is 0 Å². The van der Waals surface area contributed by atoms with Crippen molar-refractivity contribution in [3.05, 3.63) is 53.6 Å². The Morgan fingerprint density at radius 3 is 2.69 bits per heavy atom.